The summed E-state index contributed by atoms with van der Waals surface area (Å²) in [6.07, 6.45) is -1.59. The Balaban J connectivity index is 1.43. The number of nitrogens with zero attached hydrogens (tertiary/aromatic N) is 2. The van der Waals surface area contributed by atoms with Crippen LogP contribution in [0, 0.1) is 16.0 Å². The van der Waals surface area contributed by atoms with Gasteiger partial charge in [0.15, 0.2) is 11.1 Å². The van der Waals surface area contributed by atoms with Gasteiger partial charge in [-0.1, -0.05) is 11.6 Å². The van der Waals surface area contributed by atoms with Crippen LogP contribution in [0.4, 0.5) is 10.5 Å². The van der Waals surface area contributed by atoms with Crippen molar-refractivity contribution < 1.29 is 48.1 Å². The zero-order chi connectivity index (χ0) is 25.5. The summed E-state index contributed by atoms with van der Waals surface area (Å²) in [5.41, 5.74) is -0.591. The number of non-ortho nitro benzene ring substituents is 1. The monoisotopic (exact) mass is 532 g/mol. The molecule has 2 heterocycles. The van der Waals surface area contributed by atoms with Crippen LogP contribution in [0.1, 0.15) is 12.0 Å². The minimum atomic E-state index is -1.58. The van der Waals surface area contributed by atoms with Crippen molar-refractivity contribution in [3.8, 4) is 0 Å². The van der Waals surface area contributed by atoms with Crippen molar-refractivity contribution in [3.05, 3.63) is 39.9 Å². The first-order valence-corrected chi connectivity index (χ1v) is 11.1. The van der Waals surface area contributed by atoms with Crippen molar-refractivity contribution >= 4 is 52.6 Å². The third-order valence-corrected chi connectivity index (χ3v) is 5.95. The largest absolute Gasteiger partial charge is 0.508 e. The molecule has 1 amide bonds. The van der Waals surface area contributed by atoms with Crippen LogP contribution in [0.5, 0.6) is 0 Å². The minimum absolute atomic E-state index is 0.0282. The van der Waals surface area contributed by atoms with Crippen molar-refractivity contribution in [2.24, 2.45) is 5.92 Å². The second-order valence-electron chi connectivity index (χ2n) is 7.48. The van der Waals surface area contributed by atoms with Crippen LogP contribution >= 0.6 is 23.8 Å². The van der Waals surface area contributed by atoms with Gasteiger partial charge >= 0.3 is 12.1 Å². The quantitative estimate of drug-likeness (QED) is 0.0885. The molecule has 1 aromatic carbocycles. The Morgan fingerprint density at radius 1 is 1.26 bits per heavy atom. The number of carbonyl (C=O) groups excluding carboxylic acids is 2. The summed E-state index contributed by atoms with van der Waals surface area (Å²) in [4.78, 5) is 47.1. The van der Waals surface area contributed by atoms with Crippen molar-refractivity contribution in [1.29, 1.82) is 0 Å². The van der Waals surface area contributed by atoms with E-state index in [2.05, 4.69) is 0 Å². The Morgan fingerprint density at radius 3 is 2.49 bits per heavy atom. The van der Waals surface area contributed by atoms with E-state index in [9.17, 15) is 29.6 Å². The highest BCUT2D eigenvalue weighted by Crippen LogP contribution is 2.35. The lowest BCUT2D eigenvalue weighted by Gasteiger charge is -2.46. The van der Waals surface area contributed by atoms with Gasteiger partial charge in [0.05, 0.1) is 30.7 Å². The van der Waals surface area contributed by atoms with E-state index in [4.69, 9.17) is 47.5 Å². The Morgan fingerprint density at radius 2 is 1.91 bits per heavy atom. The molecule has 3 unspecified atom stereocenters. The third-order valence-electron chi connectivity index (χ3n) is 5.11. The Hall–Kier alpha value is -3.07. The zero-order valence-corrected chi connectivity index (χ0v) is 19.6. The number of likely N-dealkylation sites (tertiary alicyclic amines) is 1. The second kappa shape index (κ2) is 12.1. The number of carboxylic acids is 1. The minimum Gasteiger partial charge on any atom is -0.479 e. The molecule has 0 saturated carbocycles. The number of alkyl halides is 1. The number of β-lactam (4-membered cyclic amide) rings is 1. The molecular weight excluding hydrogens is 512 g/mol. The summed E-state index contributed by atoms with van der Waals surface area (Å²) in [7, 11) is 0. The highest BCUT2D eigenvalue weighted by atomic mass is 35.5. The smallest absolute Gasteiger partial charge is 0.479 e. The number of ether oxygens (including phenoxy) is 5. The van der Waals surface area contributed by atoms with Crippen molar-refractivity contribution in [2.45, 2.75) is 30.7 Å². The molecule has 0 aromatic heterocycles. The molecular formula is C20H21ClN2O11S. The van der Waals surface area contributed by atoms with Crippen molar-refractivity contribution in [2.75, 3.05) is 26.6 Å². The average Bonchev–Trinajstić information content (AvgIpc) is 2.84. The lowest BCUT2D eigenvalue weighted by molar-refractivity contribution is -0.384. The lowest BCUT2D eigenvalue weighted by atomic mass is 9.92. The van der Waals surface area contributed by atoms with Gasteiger partial charge in [0.25, 0.3) is 5.69 Å². The van der Waals surface area contributed by atoms with Crippen LogP contribution in [0.25, 0.3) is 0 Å². The number of benzene rings is 1. The maximum Gasteiger partial charge on any atom is 0.508 e. The van der Waals surface area contributed by atoms with E-state index >= 15 is 0 Å². The topological polar surface area (TPSA) is 164 Å². The molecule has 0 spiro atoms. The summed E-state index contributed by atoms with van der Waals surface area (Å²) >= 11 is 11.3. The van der Waals surface area contributed by atoms with Gasteiger partial charge in [-0.15, -0.1) is 0 Å². The van der Waals surface area contributed by atoms with Crippen LogP contribution in [-0.2, 0) is 39.9 Å². The number of rotatable bonds is 10. The zero-order valence-electron chi connectivity index (χ0n) is 18.1. The number of nitro groups is 1. The number of amides is 1. The SMILES string of the molecule is O=C(OCCC1C(=O)N(C(C(=O)O)C(=S)OC2COCOC2)C1Cl)OCc1ccc([N+](=O)[O-])cc1. The van der Waals surface area contributed by atoms with E-state index in [1.165, 1.54) is 24.3 Å². The van der Waals surface area contributed by atoms with Gasteiger partial charge in [-0.05, 0) is 36.3 Å². The molecule has 190 valence electrons. The number of halogens is 1. The number of aliphatic carboxylic acids is 1. The third kappa shape index (κ3) is 6.75. The molecule has 2 aliphatic rings. The van der Waals surface area contributed by atoms with E-state index < -0.39 is 46.5 Å². The Bertz CT molecular complexity index is 970. The number of nitro benzene ring substituents is 1. The maximum absolute atomic E-state index is 12.6. The molecule has 13 nitrogen and oxygen atoms in total. The van der Waals surface area contributed by atoms with Crippen LogP contribution in [0.2, 0.25) is 0 Å². The van der Waals surface area contributed by atoms with E-state index in [1.807, 2.05) is 0 Å². The van der Waals surface area contributed by atoms with Gasteiger partial charge in [-0.25, -0.2) is 9.59 Å². The molecule has 15 heteroatoms. The molecule has 0 bridgehead atoms. The number of hydrogen-bond donors (Lipinski definition) is 1. The highest BCUT2D eigenvalue weighted by Gasteiger charge is 2.53. The van der Waals surface area contributed by atoms with E-state index in [0.29, 0.717) is 5.56 Å². The molecule has 0 aliphatic carbocycles. The number of thiocarbonyl (C=S) groups is 1. The van der Waals surface area contributed by atoms with Gasteiger partial charge in [-0.3, -0.25) is 14.9 Å². The number of hydrogen-bond acceptors (Lipinski definition) is 11. The summed E-state index contributed by atoms with van der Waals surface area (Å²) in [6.45, 7) is 0.0373. The fraction of sp³-hybridized carbons (Fsp3) is 0.500. The predicted molar refractivity (Wildman–Crippen MR) is 119 cm³/mol. The predicted octanol–water partition coefficient (Wildman–Crippen LogP) is 1.83. The Labute approximate surface area is 208 Å². The van der Waals surface area contributed by atoms with Crippen LogP contribution in [0.3, 0.4) is 0 Å². The summed E-state index contributed by atoms with van der Waals surface area (Å²) < 4.78 is 25.4. The van der Waals surface area contributed by atoms with Gasteiger partial charge < -0.3 is 33.7 Å². The molecule has 3 rings (SSSR count). The van der Waals surface area contributed by atoms with Gasteiger partial charge in [0.2, 0.25) is 5.91 Å². The first-order valence-electron chi connectivity index (χ1n) is 10.3. The molecule has 1 N–H and O–H groups in total. The molecule has 35 heavy (non-hydrogen) atoms. The normalized spacial score (nSPS) is 20.9. The number of carbonyl (C=O) groups is 3. The van der Waals surface area contributed by atoms with Crippen LogP contribution in [-0.4, -0.2) is 82.3 Å². The van der Waals surface area contributed by atoms with Crippen LogP contribution in [0.15, 0.2) is 24.3 Å². The second-order valence-corrected chi connectivity index (χ2v) is 8.33. The summed E-state index contributed by atoms with van der Waals surface area (Å²) in [5, 5.41) is 19.9. The van der Waals surface area contributed by atoms with Crippen molar-refractivity contribution in [3.63, 3.8) is 0 Å². The summed E-state index contributed by atoms with van der Waals surface area (Å²) in [6, 6.07) is 3.84. The molecule has 2 saturated heterocycles. The molecule has 3 atom stereocenters. The summed E-state index contributed by atoms with van der Waals surface area (Å²) in [5.74, 6) is -2.79. The molecule has 2 aliphatic heterocycles. The molecule has 1 aromatic rings. The first-order chi connectivity index (χ1) is 16.7. The van der Waals surface area contributed by atoms with Crippen molar-refractivity contribution in [1.82, 2.24) is 4.90 Å². The van der Waals surface area contributed by atoms with E-state index in [-0.39, 0.29) is 50.4 Å². The fourth-order valence-electron chi connectivity index (χ4n) is 3.34. The average molecular weight is 533 g/mol. The number of carboxylic acid groups (broad SMARTS) is 1. The lowest BCUT2D eigenvalue weighted by Crippen LogP contribution is -2.66. The Kier molecular flexibility index (Phi) is 9.14. The van der Waals surface area contributed by atoms with E-state index in [0.717, 1.165) is 4.90 Å². The van der Waals surface area contributed by atoms with Gasteiger partial charge in [-0.2, -0.15) is 0 Å². The first kappa shape index (κ1) is 26.5. The van der Waals surface area contributed by atoms with Gasteiger partial charge in [0.1, 0.15) is 25.0 Å². The molecule has 2 fully saturated rings. The van der Waals surface area contributed by atoms with Crippen LogP contribution < -0.4 is 0 Å². The standard InChI is InChI=1S/C20H21ClN2O11S/c21-16-14(5-6-32-20(27)33-7-11-1-3-12(4-2-11)23(28)29)17(24)22(16)15(18(25)26)19(35)34-13-8-30-10-31-9-13/h1-4,13-16H,5-10H2,(H,25,26). The molecule has 0 radical (unpaired) electrons. The highest BCUT2D eigenvalue weighted by molar-refractivity contribution is 7.80. The maximum atomic E-state index is 12.6. The fourth-order valence-corrected chi connectivity index (χ4v) is 4.13. The van der Waals surface area contributed by atoms with Gasteiger partial charge in [0, 0.05) is 12.1 Å². The van der Waals surface area contributed by atoms with E-state index in [1.54, 1.807) is 0 Å².